The van der Waals surface area contributed by atoms with Gasteiger partial charge < -0.3 is 14.6 Å². The van der Waals surface area contributed by atoms with Crippen LogP contribution in [-0.4, -0.2) is 12.5 Å². The van der Waals surface area contributed by atoms with Gasteiger partial charge in [-0.3, -0.25) is 4.79 Å². The number of furan rings is 1. The second kappa shape index (κ2) is 5.64. The van der Waals surface area contributed by atoms with Crippen molar-refractivity contribution in [1.82, 2.24) is 0 Å². The summed E-state index contributed by atoms with van der Waals surface area (Å²) in [6, 6.07) is 12.0. The first-order valence-corrected chi connectivity index (χ1v) is 7.37. The van der Waals surface area contributed by atoms with Gasteiger partial charge in [0, 0.05) is 24.3 Å². The van der Waals surface area contributed by atoms with Crippen LogP contribution in [0, 0.1) is 6.92 Å². The molecule has 1 aliphatic rings. The highest BCUT2D eigenvalue weighted by atomic mass is 16.3. The van der Waals surface area contributed by atoms with E-state index in [1.54, 1.807) is 0 Å². The monoisotopic (exact) mass is 284 g/mol. The number of amides is 1. The topological polar surface area (TPSA) is 45.5 Å². The highest BCUT2D eigenvalue weighted by Crippen LogP contribution is 2.27. The van der Waals surface area contributed by atoms with Crippen molar-refractivity contribution in [3.05, 3.63) is 47.9 Å². The van der Waals surface area contributed by atoms with Crippen LogP contribution in [0.5, 0.6) is 0 Å². The summed E-state index contributed by atoms with van der Waals surface area (Å²) in [6.07, 6.45) is 1.60. The Hall–Kier alpha value is -2.23. The summed E-state index contributed by atoms with van der Waals surface area (Å²) in [5.74, 6) is 2.03. The number of rotatable bonds is 4. The van der Waals surface area contributed by atoms with Crippen molar-refractivity contribution in [2.75, 3.05) is 16.8 Å². The number of carbonyl (C=O) groups is 1. The van der Waals surface area contributed by atoms with Crippen LogP contribution in [0.2, 0.25) is 0 Å². The van der Waals surface area contributed by atoms with E-state index in [4.69, 9.17) is 4.42 Å². The molecular formula is C17H20N2O2. The summed E-state index contributed by atoms with van der Waals surface area (Å²) >= 11 is 0. The maximum absolute atomic E-state index is 11.8. The lowest BCUT2D eigenvalue weighted by atomic mass is 10.2. The minimum atomic E-state index is 0.0863. The van der Waals surface area contributed by atoms with Gasteiger partial charge in [0.2, 0.25) is 5.91 Å². The van der Waals surface area contributed by atoms with Gasteiger partial charge in [0.1, 0.15) is 11.5 Å². The Labute approximate surface area is 124 Å². The Balaban J connectivity index is 1.75. The molecule has 1 aromatic carbocycles. The standard InChI is InChI=1S/C17H20N2O2/c1-12-8-9-16(21-12)13(2)18-14-5-3-6-15(11-14)19-10-4-7-17(19)20/h3,5-6,8-9,11,13,18H,4,7,10H2,1-2H3. The molecule has 1 atom stereocenters. The zero-order chi connectivity index (χ0) is 14.8. The van der Waals surface area contributed by atoms with Gasteiger partial charge in [-0.25, -0.2) is 0 Å². The predicted octanol–water partition coefficient (Wildman–Crippen LogP) is 3.89. The first kappa shape index (κ1) is 13.7. The fraction of sp³-hybridized carbons (Fsp3) is 0.353. The largest absolute Gasteiger partial charge is 0.464 e. The predicted molar refractivity (Wildman–Crippen MR) is 83.5 cm³/mol. The van der Waals surface area contributed by atoms with Gasteiger partial charge in [-0.2, -0.15) is 0 Å². The highest BCUT2D eigenvalue weighted by molar-refractivity contribution is 5.95. The molecule has 1 aliphatic heterocycles. The van der Waals surface area contributed by atoms with E-state index in [1.807, 2.05) is 48.2 Å². The van der Waals surface area contributed by atoms with E-state index in [0.29, 0.717) is 6.42 Å². The van der Waals surface area contributed by atoms with Crippen LogP contribution in [-0.2, 0) is 4.79 Å². The van der Waals surface area contributed by atoms with Crippen molar-refractivity contribution < 1.29 is 9.21 Å². The first-order valence-electron chi connectivity index (χ1n) is 7.37. The van der Waals surface area contributed by atoms with E-state index >= 15 is 0 Å². The quantitative estimate of drug-likeness (QED) is 0.926. The van der Waals surface area contributed by atoms with Crippen molar-refractivity contribution in [2.45, 2.75) is 32.7 Å². The molecule has 0 aliphatic carbocycles. The molecule has 0 spiro atoms. The van der Waals surface area contributed by atoms with Crippen LogP contribution in [0.1, 0.15) is 37.3 Å². The average Bonchev–Trinajstić information content (AvgIpc) is 3.08. The lowest BCUT2D eigenvalue weighted by Crippen LogP contribution is -2.23. The van der Waals surface area contributed by atoms with Crippen molar-refractivity contribution in [2.24, 2.45) is 0 Å². The SMILES string of the molecule is Cc1ccc(C(C)Nc2cccc(N3CCCC3=O)c2)o1. The van der Waals surface area contributed by atoms with Crippen molar-refractivity contribution in [3.63, 3.8) is 0 Å². The lowest BCUT2D eigenvalue weighted by Gasteiger charge is -2.18. The molecule has 4 nitrogen and oxygen atoms in total. The number of aryl methyl sites for hydroxylation is 1. The number of nitrogens with one attached hydrogen (secondary N) is 1. The molecule has 1 aromatic heterocycles. The van der Waals surface area contributed by atoms with E-state index < -0.39 is 0 Å². The van der Waals surface area contributed by atoms with Crippen LogP contribution in [0.3, 0.4) is 0 Å². The van der Waals surface area contributed by atoms with Crippen LogP contribution < -0.4 is 10.2 Å². The van der Waals surface area contributed by atoms with E-state index in [0.717, 1.165) is 35.9 Å². The van der Waals surface area contributed by atoms with Crippen molar-refractivity contribution in [3.8, 4) is 0 Å². The number of benzene rings is 1. The summed E-state index contributed by atoms with van der Waals surface area (Å²) in [4.78, 5) is 13.7. The molecule has 1 fully saturated rings. The molecule has 3 rings (SSSR count). The average molecular weight is 284 g/mol. The van der Waals surface area contributed by atoms with Gasteiger partial charge in [-0.05, 0) is 50.6 Å². The minimum Gasteiger partial charge on any atom is -0.464 e. The number of anilines is 2. The molecule has 1 N–H and O–H groups in total. The Morgan fingerprint density at radius 3 is 2.81 bits per heavy atom. The number of hydrogen-bond donors (Lipinski definition) is 1. The summed E-state index contributed by atoms with van der Waals surface area (Å²) in [5.41, 5.74) is 1.96. The Kier molecular flexibility index (Phi) is 3.69. The van der Waals surface area contributed by atoms with Crippen molar-refractivity contribution in [1.29, 1.82) is 0 Å². The fourth-order valence-electron chi connectivity index (χ4n) is 2.69. The maximum Gasteiger partial charge on any atom is 0.227 e. The molecule has 0 saturated carbocycles. The Morgan fingerprint density at radius 1 is 1.29 bits per heavy atom. The third-order valence-electron chi connectivity index (χ3n) is 3.80. The molecule has 1 unspecified atom stereocenters. The van der Waals surface area contributed by atoms with Crippen LogP contribution >= 0.6 is 0 Å². The zero-order valence-corrected chi connectivity index (χ0v) is 12.4. The van der Waals surface area contributed by atoms with Gasteiger partial charge in [0.15, 0.2) is 0 Å². The third-order valence-corrected chi connectivity index (χ3v) is 3.80. The Morgan fingerprint density at radius 2 is 2.14 bits per heavy atom. The molecule has 21 heavy (non-hydrogen) atoms. The lowest BCUT2D eigenvalue weighted by molar-refractivity contribution is -0.117. The minimum absolute atomic E-state index is 0.0863. The summed E-state index contributed by atoms with van der Waals surface area (Å²) in [6.45, 7) is 4.82. The summed E-state index contributed by atoms with van der Waals surface area (Å²) in [5, 5.41) is 3.42. The van der Waals surface area contributed by atoms with Gasteiger partial charge >= 0.3 is 0 Å². The molecule has 1 saturated heterocycles. The number of carbonyl (C=O) groups excluding carboxylic acids is 1. The number of nitrogens with zero attached hydrogens (tertiary/aromatic N) is 1. The van der Waals surface area contributed by atoms with E-state index in [9.17, 15) is 4.79 Å². The Bertz CT molecular complexity index is 648. The second-order valence-corrected chi connectivity index (χ2v) is 5.51. The van der Waals surface area contributed by atoms with Gasteiger partial charge in [-0.15, -0.1) is 0 Å². The van der Waals surface area contributed by atoms with Crippen LogP contribution in [0.15, 0.2) is 40.8 Å². The molecule has 2 aromatic rings. The van der Waals surface area contributed by atoms with E-state index in [-0.39, 0.29) is 11.9 Å². The van der Waals surface area contributed by atoms with E-state index in [1.165, 1.54) is 0 Å². The highest BCUT2D eigenvalue weighted by Gasteiger charge is 2.21. The van der Waals surface area contributed by atoms with Crippen LogP contribution in [0.4, 0.5) is 11.4 Å². The molecule has 4 heteroatoms. The van der Waals surface area contributed by atoms with E-state index in [2.05, 4.69) is 12.2 Å². The number of hydrogen-bond acceptors (Lipinski definition) is 3. The zero-order valence-electron chi connectivity index (χ0n) is 12.4. The molecule has 110 valence electrons. The summed E-state index contributed by atoms with van der Waals surface area (Å²) in [7, 11) is 0. The molecule has 1 amide bonds. The third kappa shape index (κ3) is 2.94. The molecular weight excluding hydrogens is 264 g/mol. The van der Waals surface area contributed by atoms with Gasteiger partial charge in [-0.1, -0.05) is 6.07 Å². The molecule has 2 heterocycles. The second-order valence-electron chi connectivity index (χ2n) is 5.51. The normalized spacial score (nSPS) is 16.3. The smallest absolute Gasteiger partial charge is 0.227 e. The van der Waals surface area contributed by atoms with Gasteiger partial charge in [0.25, 0.3) is 0 Å². The maximum atomic E-state index is 11.8. The van der Waals surface area contributed by atoms with Crippen LogP contribution in [0.25, 0.3) is 0 Å². The van der Waals surface area contributed by atoms with Crippen molar-refractivity contribution >= 4 is 17.3 Å². The molecule has 0 bridgehead atoms. The first-order chi connectivity index (χ1) is 10.1. The summed E-state index contributed by atoms with van der Waals surface area (Å²) < 4.78 is 5.64. The van der Waals surface area contributed by atoms with Gasteiger partial charge in [0.05, 0.1) is 6.04 Å². The fourth-order valence-corrected chi connectivity index (χ4v) is 2.69. The molecule has 0 radical (unpaired) electrons.